The summed E-state index contributed by atoms with van der Waals surface area (Å²) in [4.78, 5) is 24.1. The fourth-order valence-electron chi connectivity index (χ4n) is 3.27. The van der Waals surface area contributed by atoms with E-state index in [4.69, 9.17) is 4.74 Å². The molecule has 1 fully saturated rings. The SMILES string of the molecule is O=C1CN(S(=O)(=O)c2ccc([N+](=O)[O-])cc2)CCN1[C@H](CO)COCc1ccccc1. The molecule has 1 saturated heterocycles. The third-order valence-corrected chi connectivity index (χ3v) is 6.84. The van der Waals surface area contributed by atoms with Crippen molar-refractivity contribution >= 4 is 21.6 Å². The average Bonchev–Trinajstić information content (AvgIpc) is 2.78. The number of carbonyl (C=O) groups is 1. The summed E-state index contributed by atoms with van der Waals surface area (Å²) in [5.41, 5.74) is 0.741. The number of piperazine rings is 1. The normalized spacial score (nSPS) is 16.3. The van der Waals surface area contributed by atoms with Crippen LogP contribution in [0.2, 0.25) is 0 Å². The van der Waals surface area contributed by atoms with Crippen molar-refractivity contribution in [2.24, 2.45) is 0 Å². The van der Waals surface area contributed by atoms with Crippen LogP contribution in [0.3, 0.4) is 0 Å². The summed E-state index contributed by atoms with van der Waals surface area (Å²) in [6, 6.07) is 13.4. The van der Waals surface area contributed by atoms with Crippen molar-refractivity contribution in [1.82, 2.24) is 9.21 Å². The van der Waals surface area contributed by atoms with Gasteiger partial charge < -0.3 is 14.7 Å². The number of sulfonamides is 1. The zero-order valence-electron chi connectivity index (χ0n) is 16.7. The molecule has 11 heteroatoms. The fraction of sp³-hybridized carbons (Fsp3) is 0.350. The van der Waals surface area contributed by atoms with Gasteiger partial charge in [0.2, 0.25) is 15.9 Å². The van der Waals surface area contributed by atoms with Crippen LogP contribution in [0.4, 0.5) is 5.69 Å². The first-order valence-electron chi connectivity index (χ1n) is 9.59. The first-order valence-corrected chi connectivity index (χ1v) is 11.0. The van der Waals surface area contributed by atoms with Crippen molar-refractivity contribution in [2.45, 2.75) is 17.5 Å². The predicted molar refractivity (Wildman–Crippen MR) is 111 cm³/mol. The van der Waals surface area contributed by atoms with Gasteiger partial charge in [-0.25, -0.2) is 8.42 Å². The third kappa shape index (κ3) is 5.44. The van der Waals surface area contributed by atoms with Gasteiger partial charge in [-0.3, -0.25) is 14.9 Å². The Morgan fingerprint density at radius 2 is 1.77 bits per heavy atom. The van der Waals surface area contributed by atoms with E-state index >= 15 is 0 Å². The van der Waals surface area contributed by atoms with Gasteiger partial charge in [0.15, 0.2) is 0 Å². The summed E-state index contributed by atoms with van der Waals surface area (Å²) in [6.07, 6.45) is 0. The Balaban J connectivity index is 1.60. The van der Waals surface area contributed by atoms with Crippen molar-refractivity contribution in [3.8, 4) is 0 Å². The van der Waals surface area contributed by atoms with Gasteiger partial charge in [0.1, 0.15) is 0 Å². The number of benzene rings is 2. The standard InChI is InChI=1S/C20H23N3O7S/c24-13-18(15-30-14-16-4-2-1-3-5-16)22-11-10-21(12-20(22)25)31(28,29)19-8-6-17(7-9-19)23(26)27/h1-9,18,24H,10-15H2/t18-/m1/s1. The maximum Gasteiger partial charge on any atom is 0.269 e. The summed E-state index contributed by atoms with van der Waals surface area (Å²) in [7, 11) is -3.98. The minimum absolute atomic E-state index is 0.0419. The zero-order valence-corrected chi connectivity index (χ0v) is 17.5. The molecule has 1 aliphatic heterocycles. The molecule has 0 aromatic heterocycles. The molecule has 31 heavy (non-hydrogen) atoms. The number of nitro groups is 1. The van der Waals surface area contributed by atoms with E-state index in [9.17, 15) is 28.4 Å². The van der Waals surface area contributed by atoms with E-state index in [-0.39, 0.29) is 43.4 Å². The Labute approximate surface area is 179 Å². The number of hydrogen-bond donors (Lipinski definition) is 1. The molecule has 0 aliphatic carbocycles. The molecule has 0 bridgehead atoms. The van der Waals surface area contributed by atoms with Gasteiger partial charge in [-0.15, -0.1) is 0 Å². The number of non-ortho nitro benzene ring substituents is 1. The summed E-state index contributed by atoms with van der Waals surface area (Å²) < 4.78 is 32.3. The van der Waals surface area contributed by atoms with Gasteiger partial charge in [0.05, 0.1) is 42.2 Å². The van der Waals surface area contributed by atoms with Crippen molar-refractivity contribution in [3.05, 3.63) is 70.3 Å². The molecule has 1 heterocycles. The fourth-order valence-corrected chi connectivity index (χ4v) is 4.65. The molecule has 2 aromatic rings. The minimum Gasteiger partial charge on any atom is -0.394 e. The number of rotatable bonds is 9. The number of nitrogens with zero attached hydrogens (tertiary/aromatic N) is 3. The minimum atomic E-state index is -3.98. The maximum absolute atomic E-state index is 12.8. The van der Waals surface area contributed by atoms with Gasteiger partial charge in [-0.1, -0.05) is 30.3 Å². The van der Waals surface area contributed by atoms with E-state index in [1.165, 1.54) is 4.90 Å². The Kier molecular flexibility index (Phi) is 7.33. The van der Waals surface area contributed by atoms with Crippen LogP contribution in [0.5, 0.6) is 0 Å². The first kappa shape index (κ1) is 22.8. The largest absolute Gasteiger partial charge is 0.394 e. The third-order valence-electron chi connectivity index (χ3n) is 4.98. The van der Waals surface area contributed by atoms with Crippen molar-refractivity contribution in [1.29, 1.82) is 0 Å². The van der Waals surface area contributed by atoms with E-state index in [2.05, 4.69) is 0 Å². The second-order valence-corrected chi connectivity index (χ2v) is 8.95. The first-order chi connectivity index (χ1) is 14.8. The van der Waals surface area contributed by atoms with Crippen LogP contribution in [-0.2, 0) is 26.2 Å². The molecule has 0 saturated carbocycles. The van der Waals surface area contributed by atoms with Crippen LogP contribution in [0.15, 0.2) is 59.5 Å². The number of nitro benzene ring substituents is 1. The molecule has 166 valence electrons. The van der Waals surface area contributed by atoms with E-state index in [0.717, 1.165) is 34.1 Å². The number of carbonyl (C=O) groups excluding carboxylic acids is 1. The molecule has 3 rings (SSSR count). The molecule has 1 N–H and O–H groups in total. The lowest BCUT2D eigenvalue weighted by atomic mass is 10.2. The van der Waals surface area contributed by atoms with Gasteiger partial charge >= 0.3 is 0 Å². The number of amides is 1. The Bertz CT molecular complexity index is 1010. The van der Waals surface area contributed by atoms with E-state index in [0.29, 0.717) is 6.61 Å². The zero-order chi connectivity index (χ0) is 22.4. The molecule has 0 spiro atoms. The second-order valence-electron chi connectivity index (χ2n) is 7.01. The van der Waals surface area contributed by atoms with Gasteiger partial charge in [0.25, 0.3) is 5.69 Å². The number of hydrogen-bond acceptors (Lipinski definition) is 7. The smallest absolute Gasteiger partial charge is 0.269 e. The lowest BCUT2D eigenvalue weighted by Crippen LogP contribution is -2.57. The van der Waals surface area contributed by atoms with Crippen LogP contribution >= 0.6 is 0 Å². The Hall–Kier alpha value is -2.86. The molecule has 0 radical (unpaired) electrons. The van der Waals surface area contributed by atoms with Crippen LogP contribution in [0.1, 0.15) is 5.56 Å². The van der Waals surface area contributed by atoms with E-state index in [1.807, 2.05) is 30.3 Å². The Morgan fingerprint density at radius 1 is 1.10 bits per heavy atom. The van der Waals surface area contributed by atoms with Gasteiger partial charge in [-0.05, 0) is 17.7 Å². The lowest BCUT2D eigenvalue weighted by molar-refractivity contribution is -0.384. The van der Waals surface area contributed by atoms with Crippen LogP contribution in [0.25, 0.3) is 0 Å². The molecular weight excluding hydrogens is 426 g/mol. The highest BCUT2D eigenvalue weighted by Crippen LogP contribution is 2.21. The summed E-state index contributed by atoms with van der Waals surface area (Å²) in [6.45, 7) is -0.0956. The molecule has 1 amide bonds. The highest BCUT2D eigenvalue weighted by molar-refractivity contribution is 7.89. The van der Waals surface area contributed by atoms with Crippen LogP contribution in [-0.4, -0.2) is 72.4 Å². The molecular formula is C20H23N3O7S. The van der Waals surface area contributed by atoms with Crippen LogP contribution < -0.4 is 0 Å². The van der Waals surface area contributed by atoms with Crippen molar-refractivity contribution in [2.75, 3.05) is 32.8 Å². The maximum atomic E-state index is 12.8. The summed E-state index contributed by atoms with van der Waals surface area (Å²) in [5, 5.41) is 20.5. The quantitative estimate of drug-likeness (QED) is 0.446. The molecule has 1 aliphatic rings. The highest BCUT2D eigenvalue weighted by Gasteiger charge is 2.35. The second kappa shape index (κ2) is 9.96. The molecule has 1 atom stereocenters. The highest BCUT2D eigenvalue weighted by atomic mass is 32.2. The monoisotopic (exact) mass is 449 g/mol. The molecule has 2 aromatic carbocycles. The van der Waals surface area contributed by atoms with Crippen LogP contribution in [0, 0.1) is 10.1 Å². The van der Waals surface area contributed by atoms with E-state index in [1.54, 1.807) is 0 Å². The van der Waals surface area contributed by atoms with Crippen molar-refractivity contribution < 1.29 is 28.0 Å². The summed E-state index contributed by atoms with van der Waals surface area (Å²) in [5.74, 6) is -0.445. The van der Waals surface area contributed by atoms with Gasteiger partial charge in [0, 0.05) is 25.2 Å². The van der Waals surface area contributed by atoms with Gasteiger partial charge in [-0.2, -0.15) is 4.31 Å². The lowest BCUT2D eigenvalue weighted by Gasteiger charge is -2.37. The van der Waals surface area contributed by atoms with E-state index < -0.39 is 26.9 Å². The van der Waals surface area contributed by atoms with Crippen molar-refractivity contribution in [3.63, 3.8) is 0 Å². The average molecular weight is 449 g/mol. The number of aliphatic hydroxyl groups is 1. The topological polar surface area (TPSA) is 130 Å². The number of aliphatic hydroxyl groups excluding tert-OH is 1. The summed E-state index contributed by atoms with van der Waals surface area (Å²) >= 11 is 0. The molecule has 0 unspecified atom stereocenters. The predicted octanol–water partition coefficient (Wildman–Crippen LogP) is 1.01. The molecule has 10 nitrogen and oxygen atoms in total. The Morgan fingerprint density at radius 3 is 2.35 bits per heavy atom. The number of ether oxygens (including phenoxy) is 1.